The number of ether oxygens (including phenoxy) is 2. The van der Waals surface area contributed by atoms with Gasteiger partial charge in [0.05, 0.1) is 27.0 Å². The third-order valence-corrected chi connectivity index (χ3v) is 3.31. The highest BCUT2D eigenvalue weighted by atomic mass is 19.1. The van der Waals surface area contributed by atoms with Crippen molar-refractivity contribution in [3.8, 4) is 11.5 Å². The fourth-order valence-corrected chi connectivity index (χ4v) is 2.05. The Balaban J connectivity index is 1.86. The van der Waals surface area contributed by atoms with Crippen molar-refractivity contribution in [2.75, 3.05) is 20.8 Å². The van der Waals surface area contributed by atoms with Gasteiger partial charge >= 0.3 is 0 Å². The van der Waals surface area contributed by atoms with E-state index in [1.807, 2.05) is 0 Å². The van der Waals surface area contributed by atoms with E-state index in [1.165, 1.54) is 44.7 Å². The van der Waals surface area contributed by atoms with E-state index in [2.05, 4.69) is 15.8 Å². The predicted octanol–water partition coefficient (Wildman–Crippen LogP) is 1.72. The number of carbonyl (C=O) groups excluding carboxylic acids is 2. The van der Waals surface area contributed by atoms with Gasteiger partial charge in [0.15, 0.2) is 11.5 Å². The second kappa shape index (κ2) is 9.16. The van der Waals surface area contributed by atoms with Gasteiger partial charge in [0.1, 0.15) is 5.82 Å². The van der Waals surface area contributed by atoms with Crippen LogP contribution < -0.4 is 20.2 Å². The van der Waals surface area contributed by atoms with Crippen LogP contribution in [0, 0.1) is 5.82 Å². The average Bonchev–Trinajstić information content (AvgIpc) is 2.65. The second-order valence-corrected chi connectivity index (χ2v) is 5.10. The van der Waals surface area contributed by atoms with E-state index < -0.39 is 17.6 Å². The zero-order chi connectivity index (χ0) is 18.9. The van der Waals surface area contributed by atoms with Crippen LogP contribution in [0.25, 0.3) is 0 Å². The second-order valence-electron chi connectivity index (χ2n) is 5.10. The number of nitrogens with zero attached hydrogens (tertiary/aromatic N) is 1. The summed E-state index contributed by atoms with van der Waals surface area (Å²) in [6, 6.07) is 10.4. The van der Waals surface area contributed by atoms with Crippen LogP contribution in [-0.2, 0) is 4.79 Å². The molecule has 7 nitrogen and oxygen atoms in total. The van der Waals surface area contributed by atoms with E-state index in [4.69, 9.17) is 9.47 Å². The van der Waals surface area contributed by atoms with Crippen molar-refractivity contribution in [1.29, 1.82) is 0 Å². The van der Waals surface area contributed by atoms with Gasteiger partial charge in [-0.1, -0.05) is 12.1 Å². The van der Waals surface area contributed by atoms with Crippen molar-refractivity contribution in [2.24, 2.45) is 5.10 Å². The van der Waals surface area contributed by atoms with Gasteiger partial charge in [-0.05, 0) is 35.9 Å². The first-order valence-corrected chi connectivity index (χ1v) is 7.61. The first-order valence-electron chi connectivity index (χ1n) is 7.61. The highest BCUT2D eigenvalue weighted by molar-refractivity contribution is 5.97. The van der Waals surface area contributed by atoms with Gasteiger partial charge in [-0.25, -0.2) is 9.82 Å². The lowest BCUT2D eigenvalue weighted by Crippen LogP contribution is -2.34. The van der Waals surface area contributed by atoms with Gasteiger partial charge in [0.2, 0.25) is 0 Å². The molecule has 2 rings (SSSR count). The number of halogens is 1. The van der Waals surface area contributed by atoms with Crippen molar-refractivity contribution in [3.05, 3.63) is 59.4 Å². The first kappa shape index (κ1) is 18.9. The number of hydrogen-bond acceptors (Lipinski definition) is 5. The number of hydrogen-bond donors (Lipinski definition) is 2. The van der Waals surface area contributed by atoms with Gasteiger partial charge in [-0.15, -0.1) is 0 Å². The molecule has 0 bridgehead atoms. The van der Waals surface area contributed by atoms with Crippen LogP contribution in [0.3, 0.4) is 0 Å². The lowest BCUT2D eigenvalue weighted by atomic mass is 10.2. The summed E-state index contributed by atoms with van der Waals surface area (Å²) in [5.41, 5.74) is 3.06. The van der Waals surface area contributed by atoms with Gasteiger partial charge in [-0.3, -0.25) is 9.59 Å². The minimum Gasteiger partial charge on any atom is -0.493 e. The number of rotatable bonds is 7. The minimum atomic E-state index is -0.522. The summed E-state index contributed by atoms with van der Waals surface area (Å²) in [5.74, 6) is -0.470. The van der Waals surface area contributed by atoms with Crippen LogP contribution in [0.15, 0.2) is 47.6 Å². The fraction of sp³-hybridized carbons (Fsp3) is 0.167. The van der Waals surface area contributed by atoms with Crippen LogP contribution >= 0.6 is 0 Å². The number of nitrogens with one attached hydrogen (secondary N) is 2. The molecule has 2 aromatic carbocycles. The molecule has 0 aliphatic carbocycles. The maximum atomic E-state index is 13.0. The molecule has 0 saturated heterocycles. The summed E-state index contributed by atoms with van der Waals surface area (Å²) in [7, 11) is 2.95. The molecular formula is C18H18FN3O4. The molecule has 8 heteroatoms. The third kappa shape index (κ3) is 5.30. The number of methoxy groups -OCH3 is 2. The molecule has 2 N–H and O–H groups in total. The van der Waals surface area contributed by atoms with Gasteiger partial charge in [0.25, 0.3) is 11.8 Å². The monoisotopic (exact) mass is 359 g/mol. The zero-order valence-corrected chi connectivity index (χ0v) is 14.3. The molecule has 26 heavy (non-hydrogen) atoms. The maximum Gasteiger partial charge on any atom is 0.259 e. The summed E-state index contributed by atoms with van der Waals surface area (Å²) in [6.45, 7) is -0.270. The molecule has 0 heterocycles. The first-order chi connectivity index (χ1) is 12.5. The molecule has 0 unspecified atom stereocenters. The molecule has 0 fully saturated rings. The van der Waals surface area contributed by atoms with Gasteiger partial charge in [-0.2, -0.15) is 5.10 Å². The van der Waals surface area contributed by atoms with Crippen molar-refractivity contribution < 1.29 is 23.5 Å². The van der Waals surface area contributed by atoms with Crippen LogP contribution in [0.4, 0.5) is 4.39 Å². The molecule has 0 aromatic heterocycles. The van der Waals surface area contributed by atoms with E-state index in [1.54, 1.807) is 18.2 Å². The Morgan fingerprint density at radius 3 is 2.58 bits per heavy atom. The molecular weight excluding hydrogens is 341 g/mol. The summed E-state index contributed by atoms with van der Waals surface area (Å²) in [5, 5.41) is 6.17. The Hall–Kier alpha value is -3.42. The minimum absolute atomic E-state index is 0.270. The fourth-order valence-electron chi connectivity index (χ4n) is 2.05. The van der Waals surface area contributed by atoms with Crippen LogP contribution in [0.2, 0.25) is 0 Å². The van der Waals surface area contributed by atoms with E-state index in [-0.39, 0.29) is 6.54 Å². The standard InChI is InChI=1S/C18H18FN3O4/c1-25-15-7-6-13(9-16(15)26-2)18(24)20-11-17(23)22-21-10-12-4-3-5-14(19)8-12/h3-10H,11H2,1-2H3,(H,20,24)(H,22,23). The topological polar surface area (TPSA) is 89.0 Å². The normalized spacial score (nSPS) is 10.4. The van der Waals surface area contributed by atoms with E-state index in [9.17, 15) is 14.0 Å². The number of benzene rings is 2. The van der Waals surface area contributed by atoms with Gasteiger partial charge < -0.3 is 14.8 Å². The molecule has 136 valence electrons. The number of hydrazone groups is 1. The summed E-state index contributed by atoms with van der Waals surface area (Å²) in [4.78, 5) is 23.8. The predicted molar refractivity (Wildman–Crippen MR) is 94.0 cm³/mol. The molecule has 2 aromatic rings. The van der Waals surface area contributed by atoms with Crippen LogP contribution in [-0.4, -0.2) is 38.8 Å². The zero-order valence-electron chi connectivity index (χ0n) is 14.3. The Bertz CT molecular complexity index is 824. The molecule has 2 amide bonds. The lowest BCUT2D eigenvalue weighted by molar-refractivity contribution is -0.120. The average molecular weight is 359 g/mol. The lowest BCUT2D eigenvalue weighted by Gasteiger charge is -2.09. The van der Waals surface area contributed by atoms with Crippen molar-refractivity contribution in [3.63, 3.8) is 0 Å². The number of carbonyl (C=O) groups is 2. The molecule has 0 aliphatic heterocycles. The maximum absolute atomic E-state index is 13.0. The van der Waals surface area contributed by atoms with Crippen LogP contribution in [0.5, 0.6) is 11.5 Å². The molecule has 0 atom stereocenters. The molecule has 0 aliphatic rings. The SMILES string of the molecule is COc1ccc(C(=O)NCC(=O)NN=Cc2cccc(F)c2)cc1OC. The Labute approximate surface area is 149 Å². The van der Waals surface area contributed by atoms with Crippen molar-refractivity contribution >= 4 is 18.0 Å². The summed E-state index contributed by atoms with van der Waals surface area (Å²) >= 11 is 0. The Morgan fingerprint density at radius 1 is 1.12 bits per heavy atom. The summed E-state index contributed by atoms with van der Waals surface area (Å²) < 4.78 is 23.2. The molecule has 0 spiro atoms. The molecule has 0 saturated carbocycles. The largest absolute Gasteiger partial charge is 0.493 e. The van der Waals surface area contributed by atoms with Gasteiger partial charge in [0, 0.05) is 5.56 Å². The highest BCUT2D eigenvalue weighted by Crippen LogP contribution is 2.27. The highest BCUT2D eigenvalue weighted by Gasteiger charge is 2.11. The Kier molecular flexibility index (Phi) is 6.67. The Morgan fingerprint density at radius 2 is 1.88 bits per heavy atom. The van der Waals surface area contributed by atoms with E-state index in [0.717, 1.165) is 0 Å². The van der Waals surface area contributed by atoms with Crippen molar-refractivity contribution in [2.45, 2.75) is 0 Å². The third-order valence-electron chi connectivity index (χ3n) is 3.31. The smallest absolute Gasteiger partial charge is 0.259 e. The number of amides is 2. The van der Waals surface area contributed by atoms with E-state index in [0.29, 0.717) is 22.6 Å². The summed E-state index contributed by atoms with van der Waals surface area (Å²) in [6.07, 6.45) is 1.30. The molecule has 0 radical (unpaired) electrons. The van der Waals surface area contributed by atoms with Crippen LogP contribution in [0.1, 0.15) is 15.9 Å². The van der Waals surface area contributed by atoms with E-state index >= 15 is 0 Å². The van der Waals surface area contributed by atoms with Crippen molar-refractivity contribution in [1.82, 2.24) is 10.7 Å². The quantitative estimate of drug-likeness (QED) is 0.582.